The van der Waals surface area contributed by atoms with E-state index < -0.39 is 0 Å². The average molecular weight is 199 g/mol. The number of thioether (sulfide) groups is 1. The van der Waals surface area contributed by atoms with Crippen molar-refractivity contribution in [3.05, 3.63) is 12.7 Å². The molecule has 0 aliphatic carbocycles. The lowest BCUT2D eigenvalue weighted by molar-refractivity contribution is 0.539. The molecule has 1 rings (SSSR count). The number of hydrogen-bond acceptors (Lipinski definition) is 2. The molecule has 0 atom stereocenters. The molecule has 1 N–H and O–H groups in total. The van der Waals surface area contributed by atoms with Crippen molar-refractivity contribution < 1.29 is 0 Å². The summed E-state index contributed by atoms with van der Waals surface area (Å²) in [5.41, 5.74) is 0. The SMILES string of the molecule is C=CCCCCCCNC1CSC1. The van der Waals surface area contributed by atoms with E-state index in [2.05, 4.69) is 11.9 Å². The van der Waals surface area contributed by atoms with Gasteiger partial charge >= 0.3 is 0 Å². The summed E-state index contributed by atoms with van der Waals surface area (Å²) in [6, 6.07) is 0.832. The number of rotatable bonds is 8. The molecule has 0 unspecified atom stereocenters. The molecule has 1 nitrogen and oxygen atoms in total. The zero-order valence-electron chi connectivity index (χ0n) is 8.43. The Balaban J connectivity index is 1.70. The van der Waals surface area contributed by atoms with E-state index >= 15 is 0 Å². The van der Waals surface area contributed by atoms with E-state index in [1.165, 1.54) is 50.2 Å². The van der Waals surface area contributed by atoms with E-state index in [4.69, 9.17) is 0 Å². The van der Waals surface area contributed by atoms with Crippen LogP contribution in [0.4, 0.5) is 0 Å². The van der Waals surface area contributed by atoms with Crippen LogP contribution < -0.4 is 5.32 Å². The first-order chi connectivity index (χ1) is 6.43. The van der Waals surface area contributed by atoms with Crippen LogP contribution in [0, 0.1) is 0 Å². The van der Waals surface area contributed by atoms with Gasteiger partial charge in [0.2, 0.25) is 0 Å². The predicted octanol–water partition coefficient (Wildman–Crippen LogP) is 2.83. The first-order valence-corrected chi connectivity index (χ1v) is 6.51. The standard InChI is InChI=1S/C11H21NS/c1-2-3-4-5-6-7-8-12-11-9-13-10-11/h2,11-12H,1,3-10H2. The van der Waals surface area contributed by atoms with Gasteiger partial charge in [-0.15, -0.1) is 6.58 Å². The monoisotopic (exact) mass is 199 g/mol. The topological polar surface area (TPSA) is 12.0 Å². The van der Waals surface area contributed by atoms with Crippen LogP contribution in [0.15, 0.2) is 12.7 Å². The quantitative estimate of drug-likeness (QED) is 0.476. The normalized spacial score (nSPS) is 16.9. The Kier molecular flexibility index (Phi) is 6.38. The highest BCUT2D eigenvalue weighted by atomic mass is 32.2. The minimum atomic E-state index is 0.832. The van der Waals surface area contributed by atoms with Gasteiger partial charge in [-0.2, -0.15) is 11.8 Å². The molecular weight excluding hydrogens is 178 g/mol. The molecule has 13 heavy (non-hydrogen) atoms. The molecule has 1 heterocycles. The lowest BCUT2D eigenvalue weighted by Crippen LogP contribution is -2.40. The summed E-state index contributed by atoms with van der Waals surface area (Å²) in [5.74, 6) is 2.66. The molecule has 1 fully saturated rings. The second kappa shape index (κ2) is 7.45. The lowest BCUT2D eigenvalue weighted by Gasteiger charge is -2.25. The van der Waals surface area contributed by atoms with Crippen molar-refractivity contribution in [1.82, 2.24) is 5.32 Å². The van der Waals surface area contributed by atoms with Gasteiger partial charge in [0.15, 0.2) is 0 Å². The Hall–Kier alpha value is 0.0500. The van der Waals surface area contributed by atoms with Crippen LogP contribution in [0.3, 0.4) is 0 Å². The highest BCUT2D eigenvalue weighted by molar-refractivity contribution is 8.00. The largest absolute Gasteiger partial charge is 0.312 e. The van der Waals surface area contributed by atoms with Crippen LogP contribution in [-0.2, 0) is 0 Å². The van der Waals surface area contributed by atoms with Gasteiger partial charge < -0.3 is 5.32 Å². The van der Waals surface area contributed by atoms with E-state index in [1.807, 2.05) is 17.8 Å². The molecule has 1 aliphatic heterocycles. The summed E-state index contributed by atoms with van der Waals surface area (Å²) in [4.78, 5) is 0. The number of nitrogens with one attached hydrogen (secondary N) is 1. The summed E-state index contributed by atoms with van der Waals surface area (Å²) in [6.45, 7) is 4.94. The first-order valence-electron chi connectivity index (χ1n) is 5.35. The van der Waals surface area contributed by atoms with E-state index in [1.54, 1.807) is 0 Å². The number of unbranched alkanes of at least 4 members (excludes halogenated alkanes) is 4. The molecule has 2 heteroatoms. The van der Waals surface area contributed by atoms with E-state index in [0.29, 0.717) is 0 Å². The maximum atomic E-state index is 3.72. The van der Waals surface area contributed by atoms with Gasteiger partial charge in [0.25, 0.3) is 0 Å². The van der Waals surface area contributed by atoms with Crippen molar-refractivity contribution in [3.8, 4) is 0 Å². The highest BCUT2D eigenvalue weighted by Crippen LogP contribution is 2.17. The molecule has 0 amide bonds. The third-order valence-corrected chi connectivity index (χ3v) is 3.68. The molecule has 1 aliphatic rings. The van der Waals surface area contributed by atoms with Gasteiger partial charge in [-0.3, -0.25) is 0 Å². The van der Waals surface area contributed by atoms with E-state index in [-0.39, 0.29) is 0 Å². The van der Waals surface area contributed by atoms with Crippen LogP contribution in [0.1, 0.15) is 32.1 Å². The molecule has 0 aromatic heterocycles. The maximum Gasteiger partial charge on any atom is 0.0248 e. The van der Waals surface area contributed by atoms with Crippen LogP contribution >= 0.6 is 11.8 Å². The second-order valence-electron chi connectivity index (χ2n) is 3.68. The molecule has 76 valence electrons. The van der Waals surface area contributed by atoms with Crippen molar-refractivity contribution in [1.29, 1.82) is 0 Å². The summed E-state index contributed by atoms with van der Waals surface area (Å²) < 4.78 is 0. The Labute approximate surface area is 86.4 Å². The van der Waals surface area contributed by atoms with Crippen LogP contribution in [0.25, 0.3) is 0 Å². The lowest BCUT2D eigenvalue weighted by atomic mass is 10.1. The smallest absolute Gasteiger partial charge is 0.0248 e. The molecule has 0 radical (unpaired) electrons. The minimum Gasteiger partial charge on any atom is -0.312 e. The van der Waals surface area contributed by atoms with Gasteiger partial charge in [0, 0.05) is 17.5 Å². The zero-order chi connectivity index (χ0) is 9.36. The number of allylic oxidation sites excluding steroid dienone is 1. The third-order valence-electron chi connectivity index (χ3n) is 2.41. The predicted molar refractivity (Wildman–Crippen MR) is 62.4 cm³/mol. The Morgan fingerprint density at radius 2 is 2.00 bits per heavy atom. The van der Waals surface area contributed by atoms with Crippen molar-refractivity contribution in [2.45, 2.75) is 38.1 Å². The molecule has 0 saturated carbocycles. The second-order valence-corrected chi connectivity index (χ2v) is 4.75. The fraction of sp³-hybridized carbons (Fsp3) is 0.818. The van der Waals surface area contributed by atoms with Gasteiger partial charge in [-0.25, -0.2) is 0 Å². The minimum absolute atomic E-state index is 0.832. The summed E-state index contributed by atoms with van der Waals surface area (Å²) in [5, 5.41) is 3.57. The van der Waals surface area contributed by atoms with Crippen molar-refractivity contribution >= 4 is 11.8 Å². The molecular formula is C11H21NS. The van der Waals surface area contributed by atoms with Gasteiger partial charge in [0.1, 0.15) is 0 Å². The summed E-state index contributed by atoms with van der Waals surface area (Å²) >= 11 is 2.05. The number of hydrogen-bond donors (Lipinski definition) is 1. The van der Waals surface area contributed by atoms with Gasteiger partial charge in [-0.05, 0) is 25.8 Å². The Morgan fingerprint density at radius 3 is 2.62 bits per heavy atom. The molecule has 1 saturated heterocycles. The Morgan fingerprint density at radius 1 is 1.23 bits per heavy atom. The molecule has 0 aromatic carbocycles. The molecule has 0 spiro atoms. The van der Waals surface area contributed by atoms with Crippen molar-refractivity contribution in [3.63, 3.8) is 0 Å². The van der Waals surface area contributed by atoms with Crippen LogP contribution in [0.2, 0.25) is 0 Å². The zero-order valence-corrected chi connectivity index (χ0v) is 9.24. The highest BCUT2D eigenvalue weighted by Gasteiger charge is 2.15. The fourth-order valence-electron chi connectivity index (χ4n) is 1.43. The maximum absolute atomic E-state index is 3.72. The molecule has 0 bridgehead atoms. The molecule has 0 aromatic rings. The van der Waals surface area contributed by atoms with Crippen LogP contribution in [-0.4, -0.2) is 24.1 Å². The Bertz CT molecular complexity index is 132. The van der Waals surface area contributed by atoms with E-state index in [0.717, 1.165) is 6.04 Å². The average Bonchev–Trinajstić information content (AvgIpc) is 2.07. The third kappa shape index (κ3) is 5.37. The van der Waals surface area contributed by atoms with E-state index in [9.17, 15) is 0 Å². The van der Waals surface area contributed by atoms with Crippen molar-refractivity contribution in [2.24, 2.45) is 0 Å². The fourth-order valence-corrected chi connectivity index (χ4v) is 2.13. The van der Waals surface area contributed by atoms with Crippen molar-refractivity contribution in [2.75, 3.05) is 18.1 Å². The van der Waals surface area contributed by atoms with Gasteiger partial charge in [-0.1, -0.05) is 18.9 Å². The summed E-state index contributed by atoms with van der Waals surface area (Å²) in [7, 11) is 0. The van der Waals surface area contributed by atoms with Crippen LogP contribution in [0.5, 0.6) is 0 Å². The first kappa shape index (κ1) is 11.1. The van der Waals surface area contributed by atoms with Gasteiger partial charge in [0.05, 0.1) is 0 Å². The summed E-state index contributed by atoms with van der Waals surface area (Å²) in [6.07, 6.45) is 8.62.